The third-order valence-corrected chi connectivity index (χ3v) is 0.667. The fourth-order valence-corrected chi connectivity index (χ4v) is 0.385. The molecule has 1 aromatic rings. The zero-order valence-corrected chi connectivity index (χ0v) is 7.77. The van der Waals surface area contributed by atoms with Crippen LogP contribution in [0.2, 0.25) is 0 Å². The normalized spacial score (nSPS) is 6.23. The maximum Gasteiger partial charge on any atom is 0.300 e. The third-order valence-electron chi connectivity index (χ3n) is 0.667. The number of nitriles is 1. The van der Waals surface area contributed by atoms with Crippen LogP contribution in [0, 0.1) is 11.3 Å². The van der Waals surface area contributed by atoms with E-state index in [2.05, 4.69) is 0 Å². The minimum atomic E-state index is -0.833. The van der Waals surface area contributed by atoms with Crippen LogP contribution in [0.4, 0.5) is 0 Å². The molecule has 1 rings (SSSR count). The predicted octanol–water partition coefficient (Wildman–Crippen LogP) is 2.31. The van der Waals surface area contributed by atoms with Gasteiger partial charge in [0.25, 0.3) is 5.97 Å². The van der Waals surface area contributed by atoms with E-state index in [-0.39, 0.29) is 0 Å². The summed E-state index contributed by atoms with van der Waals surface area (Å²) < 4.78 is 0. The van der Waals surface area contributed by atoms with Crippen molar-refractivity contribution in [3.05, 3.63) is 36.4 Å². The van der Waals surface area contributed by atoms with Crippen molar-refractivity contribution >= 4 is 5.97 Å². The van der Waals surface area contributed by atoms with Crippen LogP contribution in [0.25, 0.3) is 0 Å². The van der Waals surface area contributed by atoms with Crippen LogP contribution in [0.15, 0.2) is 36.4 Å². The van der Waals surface area contributed by atoms with Crippen LogP contribution in [-0.4, -0.2) is 11.1 Å². The van der Waals surface area contributed by atoms with Gasteiger partial charge < -0.3 is 5.11 Å². The summed E-state index contributed by atoms with van der Waals surface area (Å²) in [5.41, 5.74) is 0. The molecule has 0 saturated carbocycles. The molecule has 0 unspecified atom stereocenters. The van der Waals surface area contributed by atoms with Crippen molar-refractivity contribution in [1.82, 2.24) is 0 Å². The summed E-state index contributed by atoms with van der Waals surface area (Å²) in [7, 11) is 0. The summed E-state index contributed by atoms with van der Waals surface area (Å²) in [6.07, 6.45) is 0. The number of carbonyl (C=O) groups is 1. The molecule has 0 aliphatic carbocycles. The van der Waals surface area contributed by atoms with Gasteiger partial charge in [0.15, 0.2) is 0 Å². The second-order valence-electron chi connectivity index (χ2n) is 1.90. The molecule has 0 spiro atoms. The van der Waals surface area contributed by atoms with Gasteiger partial charge in [-0.1, -0.05) is 36.4 Å². The third kappa shape index (κ3) is 39.0. The highest BCUT2D eigenvalue weighted by atomic mass is 16.4. The van der Waals surface area contributed by atoms with E-state index in [1.54, 1.807) is 6.07 Å². The first-order valence-corrected chi connectivity index (χ1v) is 3.65. The van der Waals surface area contributed by atoms with Crippen molar-refractivity contribution in [2.75, 3.05) is 0 Å². The quantitative estimate of drug-likeness (QED) is 0.664. The highest BCUT2D eigenvalue weighted by Crippen LogP contribution is 1.79. The van der Waals surface area contributed by atoms with Gasteiger partial charge in [-0.15, -0.1) is 0 Å². The summed E-state index contributed by atoms with van der Waals surface area (Å²) >= 11 is 0. The molecule has 1 aromatic carbocycles. The monoisotopic (exact) mass is 179 g/mol. The van der Waals surface area contributed by atoms with Gasteiger partial charge in [0.05, 0.1) is 6.07 Å². The number of aliphatic carboxylic acids is 1. The van der Waals surface area contributed by atoms with Crippen molar-refractivity contribution in [2.24, 2.45) is 0 Å². The van der Waals surface area contributed by atoms with E-state index in [4.69, 9.17) is 15.2 Å². The fraction of sp³-hybridized carbons (Fsp3) is 0.200. The molecule has 0 amide bonds. The Morgan fingerprint density at radius 1 is 1.15 bits per heavy atom. The van der Waals surface area contributed by atoms with Crippen molar-refractivity contribution in [3.63, 3.8) is 0 Å². The van der Waals surface area contributed by atoms with Gasteiger partial charge >= 0.3 is 0 Å². The van der Waals surface area contributed by atoms with E-state index < -0.39 is 5.97 Å². The van der Waals surface area contributed by atoms with Crippen LogP contribution in [0.3, 0.4) is 0 Å². The molecule has 0 bridgehead atoms. The highest BCUT2D eigenvalue weighted by Gasteiger charge is 1.65. The molecule has 3 nitrogen and oxygen atoms in total. The van der Waals surface area contributed by atoms with E-state index in [0.717, 1.165) is 6.92 Å². The number of nitrogens with zero attached hydrogens (tertiary/aromatic N) is 1. The fourth-order valence-electron chi connectivity index (χ4n) is 0.385. The topological polar surface area (TPSA) is 61.1 Å². The van der Waals surface area contributed by atoms with Gasteiger partial charge in [0.2, 0.25) is 0 Å². The average Bonchev–Trinajstić information content (AvgIpc) is 2.08. The lowest BCUT2D eigenvalue weighted by atomic mass is 10.4. The van der Waals surface area contributed by atoms with E-state index in [0.29, 0.717) is 0 Å². The lowest BCUT2D eigenvalue weighted by Gasteiger charge is -1.69. The molecule has 0 atom stereocenters. The van der Waals surface area contributed by atoms with Gasteiger partial charge in [-0.2, -0.15) is 5.26 Å². The Balaban J connectivity index is 0. The average molecular weight is 179 g/mol. The Bertz CT molecular complexity index is 208. The Hall–Kier alpha value is -1.82. The number of rotatable bonds is 0. The second-order valence-corrected chi connectivity index (χ2v) is 1.90. The molecule has 0 saturated heterocycles. The molecule has 70 valence electrons. The minimum absolute atomic E-state index is 0.833. The summed E-state index contributed by atoms with van der Waals surface area (Å²) in [6, 6.07) is 13.8. The molecule has 0 aliphatic rings. The first-order chi connectivity index (χ1) is 6.15. The standard InChI is InChI=1S/C6H6.C2H3N.C2H4O2/c1-2-4-6-5-3-1;1-2-3;1-2(3)4/h1-6H;1H3;1H3,(H,3,4). The molecule has 3 heteroatoms. The molecule has 0 aliphatic heterocycles. The summed E-state index contributed by atoms with van der Waals surface area (Å²) in [5.74, 6) is -0.833. The molecule has 0 fully saturated rings. The van der Waals surface area contributed by atoms with Crippen LogP contribution in [0.5, 0.6) is 0 Å². The number of hydrogen-bond donors (Lipinski definition) is 1. The molecule has 13 heavy (non-hydrogen) atoms. The Morgan fingerprint density at radius 2 is 1.23 bits per heavy atom. The van der Waals surface area contributed by atoms with Gasteiger partial charge in [0.1, 0.15) is 0 Å². The number of carboxylic acids is 1. The second kappa shape index (κ2) is 12.8. The molecule has 0 radical (unpaired) electrons. The summed E-state index contributed by atoms with van der Waals surface area (Å²) in [4.78, 5) is 9.00. The first kappa shape index (κ1) is 13.7. The maximum atomic E-state index is 9.00. The van der Waals surface area contributed by atoms with Crippen LogP contribution in [0.1, 0.15) is 13.8 Å². The minimum Gasteiger partial charge on any atom is -0.481 e. The Kier molecular flexibility index (Phi) is 13.6. The molecular formula is C10H13NO2. The predicted molar refractivity (Wildman–Crippen MR) is 51.0 cm³/mol. The van der Waals surface area contributed by atoms with Gasteiger partial charge in [-0.3, -0.25) is 4.79 Å². The Labute approximate surface area is 78.3 Å². The molecular weight excluding hydrogens is 166 g/mol. The van der Waals surface area contributed by atoms with E-state index in [1.807, 2.05) is 36.4 Å². The SMILES string of the molecule is CC#N.CC(=O)O.c1ccccc1. The highest BCUT2D eigenvalue weighted by molar-refractivity contribution is 5.62. The molecule has 1 N–H and O–H groups in total. The van der Waals surface area contributed by atoms with Gasteiger partial charge in [0, 0.05) is 13.8 Å². The number of hydrogen-bond acceptors (Lipinski definition) is 2. The lowest BCUT2D eigenvalue weighted by molar-refractivity contribution is -0.134. The maximum absolute atomic E-state index is 9.00. The van der Waals surface area contributed by atoms with Crippen molar-refractivity contribution < 1.29 is 9.90 Å². The van der Waals surface area contributed by atoms with Crippen molar-refractivity contribution in [3.8, 4) is 6.07 Å². The number of benzene rings is 1. The Morgan fingerprint density at radius 3 is 1.31 bits per heavy atom. The molecule has 0 aromatic heterocycles. The molecule has 0 heterocycles. The summed E-state index contributed by atoms with van der Waals surface area (Å²) in [5, 5.41) is 14.7. The summed E-state index contributed by atoms with van der Waals surface area (Å²) in [6.45, 7) is 2.51. The zero-order valence-electron chi connectivity index (χ0n) is 7.77. The van der Waals surface area contributed by atoms with Crippen molar-refractivity contribution in [1.29, 1.82) is 5.26 Å². The van der Waals surface area contributed by atoms with Crippen molar-refractivity contribution in [2.45, 2.75) is 13.8 Å². The zero-order chi connectivity index (χ0) is 10.5. The van der Waals surface area contributed by atoms with Gasteiger partial charge in [-0.25, -0.2) is 0 Å². The van der Waals surface area contributed by atoms with Crippen LogP contribution in [-0.2, 0) is 4.79 Å². The van der Waals surface area contributed by atoms with E-state index in [9.17, 15) is 0 Å². The lowest BCUT2D eigenvalue weighted by Crippen LogP contribution is -1.78. The van der Waals surface area contributed by atoms with E-state index in [1.165, 1.54) is 6.92 Å². The smallest absolute Gasteiger partial charge is 0.300 e. The van der Waals surface area contributed by atoms with E-state index >= 15 is 0 Å². The van der Waals surface area contributed by atoms with Crippen LogP contribution < -0.4 is 0 Å². The largest absolute Gasteiger partial charge is 0.481 e. The van der Waals surface area contributed by atoms with Gasteiger partial charge in [-0.05, 0) is 0 Å². The first-order valence-electron chi connectivity index (χ1n) is 3.65. The number of carboxylic acid groups (broad SMARTS) is 1. The van der Waals surface area contributed by atoms with Crippen LogP contribution >= 0.6 is 0 Å².